The molecule has 7 nitrogen and oxygen atoms in total. The van der Waals surface area contributed by atoms with Crippen molar-refractivity contribution < 1.29 is 0 Å². The molecule has 0 fully saturated rings. The smallest absolute Gasteiger partial charge is 0.350 e. The molecule has 1 aromatic rings. The summed E-state index contributed by atoms with van der Waals surface area (Å²) in [6.45, 7) is 0. The SMILES string of the molecule is NC(=S)Nc1nc(N)[nH]c(=O)n1. The van der Waals surface area contributed by atoms with Gasteiger partial charge in [0.05, 0.1) is 0 Å². The summed E-state index contributed by atoms with van der Waals surface area (Å²) in [4.78, 5) is 19.8. The molecule has 0 bridgehead atoms. The Labute approximate surface area is 72.2 Å². The van der Waals surface area contributed by atoms with Crippen LogP contribution in [-0.4, -0.2) is 20.1 Å². The van der Waals surface area contributed by atoms with Crippen LogP contribution in [0, 0.1) is 0 Å². The average Bonchev–Trinajstić information content (AvgIpc) is 1.81. The summed E-state index contributed by atoms with van der Waals surface area (Å²) >= 11 is 4.50. The van der Waals surface area contributed by atoms with Gasteiger partial charge in [-0.25, -0.2) is 4.79 Å². The Hall–Kier alpha value is -1.70. The molecule has 12 heavy (non-hydrogen) atoms. The van der Waals surface area contributed by atoms with E-state index in [1.807, 2.05) is 0 Å². The molecule has 0 unspecified atom stereocenters. The normalized spacial score (nSPS) is 9.33. The molecule has 0 aliphatic rings. The van der Waals surface area contributed by atoms with Gasteiger partial charge in [0, 0.05) is 0 Å². The third-order valence-corrected chi connectivity index (χ3v) is 1.01. The molecule has 0 aromatic carbocycles. The van der Waals surface area contributed by atoms with Crippen LogP contribution in [-0.2, 0) is 0 Å². The van der Waals surface area contributed by atoms with E-state index in [1.54, 1.807) is 0 Å². The van der Waals surface area contributed by atoms with Crippen molar-refractivity contribution in [2.24, 2.45) is 5.73 Å². The number of anilines is 2. The quantitative estimate of drug-likeness (QED) is 0.389. The van der Waals surface area contributed by atoms with E-state index in [2.05, 4.69) is 32.5 Å². The number of nitrogens with two attached hydrogens (primary N) is 2. The number of hydrogen-bond acceptors (Lipinski definition) is 5. The molecule has 8 heteroatoms. The summed E-state index contributed by atoms with van der Waals surface area (Å²) in [5.41, 5.74) is 9.71. The molecular weight excluding hydrogens is 180 g/mol. The zero-order valence-corrected chi connectivity index (χ0v) is 6.68. The highest BCUT2D eigenvalue weighted by Gasteiger charge is 1.99. The van der Waals surface area contributed by atoms with E-state index < -0.39 is 5.69 Å². The summed E-state index contributed by atoms with van der Waals surface area (Å²) in [6.07, 6.45) is 0. The molecule has 0 radical (unpaired) electrons. The number of H-pyrrole nitrogens is 1. The van der Waals surface area contributed by atoms with E-state index in [1.165, 1.54) is 0 Å². The van der Waals surface area contributed by atoms with Crippen LogP contribution >= 0.6 is 12.2 Å². The summed E-state index contributed by atoms with van der Waals surface area (Å²) < 4.78 is 0. The molecule has 0 atom stereocenters. The Kier molecular flexibility index (Phi) is 2.19. The first kappa shape index (κ1) is 8.40. The van der Waals surface area contributed by atoms with Gasteiger partial charge in [-0.05, 0) is 12.2 Å². The van der Waals surface area contributed by atoms with Crippen molar-refractivity contribution in [3.63, 3.8) is 0 Å². The van der Waals surface area contributed by atoms with Crippen LogP contribution in [0.15, 0.2) is 4.79 Å². The minimum atomic E-state index is -0.610. The van der Waals surface area contributed by atoms with Crippen molar-refractivity contribution in [1.29, 1.82) is 0 Å². The first-order valence-corrected chi connectivity index (χ1v) is 3.29. The van der Waals surface area contributed by atoms with Gasteiger partial charge in [0.25, 0.3) is 0 Å². The third-order valence-electron chi connectivity index (χ3n) is 0.904. The molecule has 0 aliphatic carbocycles. The molecule has 6 N–H and O–H groups in total. The van der Waals surface area contributed by atoms with Crippen molar-refractivity contribution in [2.75, 3.05) is 11.1 Å². The number of nitrogens with one attached hydrogen (secondary N) is 2. The van der Waals surface area contributed by atoms with Crippen molar-refractivity contribution in [2.45, 2.75) is 0 Å². The molecule has 0 aliphatic heterocycles. The summed E-state index contributed by atoms with van der Waals surface area (Å²) in [7, 11) is 0. The Bertz CT molecular complexity index is 359. The maximum Gasteiger partial charge on any atom is 0.350 e. The monoisotopic (exact) mass is 186 g/mol. The van der Waals surface area contributed by atoms with Gasteiger partial charge >= 0.3 is 5.69 Å². The van der Waals surface area contributed by atoms with Crippen LogP contribution in [0.2, 0.25) is 0 Å². The van der Waals surface area contributed by atoms with Gasteiger partial charge in [0.2, 0.25) is 11.9 Å². The van der Waals surface area contributed by atoms with Crippen LogP contribution in [0.5, 0.6) is 0 Å². The first-order chi connectivity index (χ1) is 5.58. The highest BCUT2D eigenvalue weighted by atomic mass is 32.1. The predicted octanol–water partition coefficient (Wildman–Crippen LogP) is -1.60. The van der Waals surface area contributed by atoms with Gasteiger partial charge in [-0.3, -0.25) is 4.98 Å². The topological polar surface area (TPSA) is 123 Å². The van der Waals surface area contributed by atoms with E-state index >= 15 is 0 Å². The van der Waals surface area contributed by atoms with E-state index in [4.69, 9.17) is 11.5 Å². The van der Waals surface area contributed by atoms with Crippen molar-refractivity contribution in [3.05, 3.63) is 10.5 Å². The Morgan fingerprint density at radius 1 is 1.58 bits per heavy atom. The fraction of sp³-hybridized carbons (Fsp3) is 0. The maximum absolute atomic E-state index is 10.7. The summed E-state index contributed by atoms with van der Waals surface area (Å²) in [5, 5.41) is 2.35. The second-order valence-corrected chi connectivity index (χ2v) is 2.29. The van der Waals surface area contributed by atoms with Crippen LogP contribution in [0.25, 0.3) is 0 Å². The fourth-order valence-electron chi connectivity index (χ4n) is 0.567. The number of nitrogens with zero attached hydrogens (tertiary/aromatic N) is 2. The Balaban J connectivity index is 3.01. The molecule has 64 valence electrons. The minimum Gasteiger partial charge on any atom is -0.376 e. The highest BCUT2D eigenvalue weighted by molar-refractivity contribution is 7.80. The first-order valence-electron chi connectivity index (χ1n) is 2.88. The Morgan fingerprint density at radius 2 is 2.25 bits per heavy atom. The number of nitrogen functional groups attached to an aromatic ring is 1. The number of rotatable bonds is 1. The summed E-state index contributed by atoms with van der Waals surface area (Å²) in [6, 6.07) is 0. The van der Waals surface area contributed by atoms with Gasteiger partial charge < -0.3 is 16.8 Å². The molecule has 1 heterocycles. The summed E-state index contributed by atoms with van der Waals surface area (Å²) in [5.74, 6) is -0.0579. The van der Waals surface area contributed by atoms with Gasteiger partial charge in [-0.1, -0.05) is 0 Å². The number of aromatic nitrogens is 3. The maximum atomic E-state index is 10.7. The van der Waals surface area contributed by atoms with E-state index in [0.717, 1.165) is 0 Å². The van der Waals surface area contributed by atoms with E-state index in [-0.39, 0.29) is 17.0 Å². The number of aromatic amines is 1. The molecule has 1 rings (SSSR count). The average molecular weight is 186 g/mol. The fourth-order valence-corrected chi connectivity index (χ4v) is 0.658. The van der Waals surface area contributed by atoms with Gasteiger partial charge in [-0.2, -0.15) is 9.97 Å². The third kappa shape index (κ3) is 2.16. The lowest BCUT2D eigenvalue weighted by molar-refractivity contribution is 1.01. The van der Waals surface area contributed by atoms with Crippen LogP contribution in [0.3, 0.4) is 0 Å². The van der Waals surface area contributed by atoms with Crippen molar-refractivity contribution in [3.8, 4) is 0 Å². The van der Waals surface area contributed by atoms with E-state index in [0.29, 0.717) is 0 Å². The van der Waals surface area contributed by atoms with E-state index in [9.17, 15) is 4.79 Å². The lowest BCUT2D eigenvalue weighted by Gasteiger charge is -1.99. The van der Waals surface area contributed by atoms with Crippen LogP contribution in [0.1, 0.15) is 0 Å². The minimum absolute atomic E-state index is 0.0104. The van der Waals surface area contributed by atoms with Crippen LogP contribution < -0.4 is 22.5 Å². The van der Waals surface area contributed by atoms with Crippen molar-refractivity contribution in [1.82, 2.24) is 15.0 Å². The standard InChI is InChI=1S/C4H6N6OS/c5-1-7-3(9-2(6)12)10-4(11)8-1/h(H6,5,6,7,8,9,10,11,12). The van der Waals surface area contributed by atoms with Gasteiger partial charge in [0.1, 0.15) is 0 Å². The van der Waals surface area contributed by atoms with Crippen molar-refractivity contribution >= 4 is 29.2 Å². The zero-order valence-electron chi connectivity index (χ0n) is 5.87. The van der Waals surface area contributed by atoms with Crippen LogP contribution in [0.4, 0.5) is 11.9 Å². The molecule has 0 amide bonds. The Morgan fingerprint density at radius 3 is 2.75 bits per heavy atom. The largest absolute Gasteiger partial charge is 0.376 e. The molecule has 1 aromatic heterocycles. The zero-order chi connectivity index (χ0) is 9.14. The second-order valence-electron chi connectivity index (χ2n) is 1.85. The number of thiocarbonyl (C=S) groups is 1. The molecule has 0 saturated heterocycles. The molecule has 0 saturated carbocycles. The lowest BCUT2D eigenvalue weighted by atomic mass is 10.8. The number of hydrogen-bond donors (Lipinski definition) is 4. The molecule has 0 spiro atoms. The van der Waals surface area contributed by atoms with Gasteiger partial charge in [-0.15, -0.1) is 0 Å². The highest BCUT2D eigenvalue weighted by Crippen LogP contribution is 1.93. The lowest BCUT2D eigenvalue weighted by Crippen LogP contribution is -2.24. The molecular formula is C4H6N6OS. The predicted molar refractivity (Wildman–Crippen MR) is 47.5 cm³/mol. The second kappa shape index (κ2) is 3.13. The van der Waals surface area contributed by atoms with Gasteiger partial charge in [0.15, 0.2) is 5.11 Å².